The molecule has 0 bridgehead atoms. The first-order chi connectivity index (χ1) is 9.58. The molecule has 1 amide bonds. The van der Waals surface area contributed by atoms with E-state index in [1.807, 2.05) is 0 Å². The molecule has 0 saturated carbocycles. The Morgan fingerprint density at radius 3 is 2.60 bits per heavy atom. The van der Waals surface area contributed by atoms with Crippen molar-refractivity contribution in [3.8, 4) is 0 Å². The zero-order chi connectivity index (χ0) is 14.5. The van der Waals surface area contributed by atoms with Crippen LogP contribution in [0.2, 0.25) is 10.0 Å². The number of nitrogen functional groups attached to an aromatic ring is 1. The van der Waals surface area contributed by atoms with E-state index in [0.717, 1.165) is 5.56 Å². The molecule has 2 aromatic rings. The molecule has 4 nitrogen and oxygen atoms in total. The zero-order valence-electron chi connectivity index (χ0n) is 10.3. The summed E-state index contributed by atoms with van der Waals surface area (Å²) >= 11 is 11.7. The van der Waals surface area contributed by atoms with Gasteiger partial charge in [0.05, 0.1) is 21.8 Å². The van der Waals surface area contributed by atoms with E-state index >= 15 is 0 Å². The van der Waals surface area contributed by atoms with Crippen LogP contribution < -0.4 is 11.2 Å². The van der Waals surface area contributed by atoms with Gasteiger partial charge in [-0.05, 0) is 29.8 Å². The molecular formula is C14H11Cl2N3O. The minimum absolute atomic E-state index is 0.374. The van der Waals surface area contributed by atoms with Gasteiger partial charge in [-0.3, -0.25) is 4.79 Å². The summed E-state index contributed by atoms with van der Waals surface area (Å²) in [7, 11) is 0. The molecule has 2 aromatic carbocycles. The largest absolute Gasteiger partial charge is 0.398 e. The normalized spacial score (nSPS) is 10.7. The SMILES string of the molecule is Nc1ccccc1C(=O)N/N=C/c1ccc(Cl)c(Cl)c1. The summed E-state index contributed by atoms with van der Waals surface area (Å²) in [4.78, 5) is 11.8. The van der Waals surface area contributed by atoms with Crippen molar-refractivity contribution in [2.45, 2.75) is 0 Å². The van der Waals surface area contributed by atoms with Gasteiger partial charge >= 0.3 is 0 Å². The van der Waals surface area contributed by atoms with Crippen LogP contribution in [0.3, 0.4) is 0 Å². The predicted molar refractivity (Wildman–Crippen MR) is 82.4 cm³/mol. The second kappa shape index (κ2) is 6.41. The third-order valence-corrected chi connectivity index (χ3v) is 3.27. The number of halogens is 2. The molecule has 3 N–H and O–H groups in total. The fraction of sp³-hybridized carbons (Fsp3) is 0. The molecule has 0 aliphatic carbocycles. The molecule has 0 fully saturated rings. The summed E-state index contributed by atoms with van der Waals surface area (Å²) in [5.41, 5.74) is 9.59. The van der Waals surface area contributed by atoms with E-state index in [-0.39, 0.29) is 5.91 Å². The summed E-state index contributed by atoms with van der Waals surface area (Å²) in [6.45, 7) is 0. The molecule has 102 valence electrons. The Balaban J connectivity index is 2.05. The van der Waals surface area contributed by atoms with Crippen molar-refractivity contribution in [2.24, 2.45) is 5.10 Å². The molecule has 0 spiro atoms. The van der Waals surface area contributed by atoms with Crippen molar-refractivity contribution in [3.05, 3.63) is 63.6 Å². The van der Waals surface area contributed by atoms with E-state index in [9.17, 15) is 4.79 Å². The lowest BCUT2D eigenvalue weighted by Crippen LogP contribution is -2.18. The maximum atomic E-state index is 11.8. The molecule has 0 aromatic heterocycles. The van der Waals surface area contributed by atoms with Crippen molar-refractivity contribution in [1.82, 2.24) is 5.43 Å². The van der Waals surface area contributed by atoms with Gasteiger partial charge < -0.3 is 5.73 Å². The number of benzene rings is 2. The van der Waals surface area contributed by atoms with Crippen molar-refractivity contribution in [2.75, 3.05) is 5.73 Å². The number of hydrogen-bond donors (Lipinski definition) is 2. The number of hydrazone groups is 1. The number of nitrogens with two attached hydrogens (primary N) is 1. The molecule has 0 radical (unpaired) electrons. The van der Waals surface area contributed by atoms with Crippen LogP contribution in [0.4, 0.5) is 5.69 Å². The monoisotopic (exact) mass is 307 g/mol. The van der Waals surface area contributed by atoms with Crippen LogP contribution >= 0.6 is 23.2 Å². The Hall–Kier alpha value is -2.04. The van der Waals surface area contributed by atoms with Gasteiger partial charge in [0.15, 0.2) is 0 Å². The van der Waals surface area contributed by atoms with E-state index < -0.39 is 0 Å². The fourth-order valence-electron chi connectivity index (χ4n) is 1.52. The molecule has 0 unspecified atom stereocenters. The van der Waals surface area contributed by atoms with Crippen LogP contribution in [0, 0.1) is 0 Å². The van der Waals surface area contributed by atoms with Gasteiger partial charge in [-0.25, -0.2) is 5.43 Å². The number of carbonyl (C=O) groups is 1. The lowest BCUT2D eigenvalue weighted by Gasteiger charge is -2.03. The first-order valence-corrected chi connectivity index (χ1v) is 6.46. The first-order valence-electron chi connectivity index (χ1n) is 5.71. The Morgan fingerprint density at radius 1 is 1.15 bits per heavy atom. The zero-order valence-corrected chi connectivity index (χ0v) is 11.8. The van der Waals surface area contributed by atoms with Crippen molar-refractivity contribution >= 4 is 41.0 Å². The number of rotatable bonds is 3. The van der Waals surface area contributed by atoms with Crippen molar-refractivity contribution < 1.29 is 4.79 Å². The van der Waals surface area contributed by atoms with Gasteiger partial charge in [0.2, 0.25) is 0 Å². The average molecular weight is 308 g/mol. The molecular weight excluding hydrogens is 297 g/mol. The highest BCUT2D eigenvalue weighted by Crippen LogP contribution is 2.21. The second-order valence-electron chi connectivity index (χ2n) is 3.96. The van der Waals surface area contributed by atoms with Crippen LogP contribution in [0.15, 0.2) is 47.6 Å². The Kier molecular flexibility index (Phi) is 4.61. The third-order valence-electron chi connectivity index (χ3n) is 2.53. The van der Waals surface area contributed by atoms with Gasteiger partial charge in [-0.15, -0.1) is 0 Å². The number of nitrogens with zero attached hydrogens (tertiary/aromatic N) is 1. The Labute approximate surface area is 126 Å². The van der Waals surface area contributed by atoms with Crippen LogP contribution in [-0.2, 0) is 0 Å². The Bertz CT molecular complexity index is 671. The first kappa shape index (κ1) is 14.4. The number of carbonyl (C=O) groups excluding carboxylic acids is 1. The maximum Gasteiger partial charge on any atom is 0.273 e. The third kappa shape index (κ3) is 3.50. The summed E-state index contributed by atoms with van der Waals surface area (Å²) in [5.74, 6) is -0.376. The van der Waals surface area contributed by atoms with Crippen LogP contribution in [0.1, 0.15) is 15.9 Å². The lowest BCUT2D eigenvalue weighted by atomic mass is 10.2. The highest BCUT2D eigenvalue weighted by atomic mass is 35.5. The smallest absolute Gasteiger partial charge is 0.273 e. The maximum absolute atomic E-state index is 11.8. The molecule has 20 heavy (non-hydrogen) atoms. The van der Waals surface area contributed by atoms with Crippen LogP contribution in [0.5, 0.6) is 0 Å². The minimum Gasteiger partial charge on any atom is -0.398 e. The highest BCUT2D eigenvalue weighted by Gasteiger charge is 2.06. The second-order valence-corrected chi connectivity index (χ2v) is 4.77. The topological polar surface area (TPSA) is 67.5 Å². The molecule has 2 rings (SSSR count). The lowest BCUT2D eigenvalue weighted by molar-refractivity contribution is 0.0956. The number of amides is 1. The van der Waals surface area contributed by atoms with Gasteiger partial charge in [0, 0.05) is 5.69 Å². The predicted octanol–water partition coefficient (Wildman–Crippen LogP) is 3.34. The molecule has 0 heterocycles. The summed E-state index contributed by atoms with van der Waals surface area (Å²) in [6.07, 6.45) is 1.47. The highest BCUT2D eigenvalue weighted by molar-refractivity contribution is 6.42. The average Bonchev–Trinajstić information content (AvgIpc) is 2.43. The minimum atomic E-state index is -0.376. The standard InChI is InChI=1S/C14H11Cl2N3O/c15-11-6-5-9(7-12(11)16)8-18-19-14(20)10-3-1-2-4-13(10)17/h1-8H,17H2,(H,19,20)/b18-8+. The molecule has 0 saturated heterocycles. The van der Waals surface area contributed by atoms with Gasteiger partial charge in [0.1, 0.15) is 0 Å². The Morgan fingerprint density at radius 2 is 1.90 bits per heavy atom. The number of hydrogen-bond acceptors (Lipinski definition) is 3. The van der Waals surface area contributed by atoms with Crippen molar-refractivity contribution in [1.29, 1.82) is 0 Å². The van der Waals surface area contributed by atoms with Gasteiger partial charge in [0.25, 0.3) is 5.91 Å². The molecule has 0 atom stereocenters. The van der Waals surface area contributed by atoms with E-state index in [1.165, 1.54) is 6.21 Å². The number of nitrogens with one attached hydrogen (secondary N) is 1. The molecule has 0 aliphatic rings. The van der Waals surface area contributed by atoms with E-state index in [2.05, 4.69) is 10.5 Å². The number of para-hydroxylation sites is 1. The number of anilines is 1. The van der Waals surface area contributed by atoms with Gasteiger partial charge in [-0.1, -0.05) is 41.4 Å². The van der Waals surface area contributed by atoms with Crippen LogP contribution in [-0.4, -0.2) is 12.1 Å². The van der Waals surface area contributed by atoms with Crippen molar-refractivity contribution in [3.63, 3.8) is 0 Å². The quantitative estimate of drug-likeness (QED) is 0.519. The summed E-state index contributed by atoms with van der Waals surface area (Å²) in [6, 6.07) is 11.8. The molecule has 6 heteroatoms. The van der Waals surface area contributed by atoms with Gasteiger partial charge in [-0.2, -0.15) is 5.10 Å². The summed E-state index contributed by atoms with van der Waals surface area (Å²) in [5, 5.41) is 4.74. The van der Waals surface area contributed by atoms with E-state index in [0.29, 0.717) is 21.3 Å². The molecule has 0 aliphatic heterocycles. The van der Waals surface area contributed by atoms with Crippen LogP contribution in [0.25, 0.3) is 0 Å². The fourth-order valence-corrected chi connectivity index (χ4v) is 1.83. The summed E-state index contributed by atoms with van der Waals surface area (Å²) < 4.78 is 0. The van der Waals surface area contributed by atoms with E-state index in [4.69, 9.17) is 28.9 Å². The van der Waals surface area contributed by atoms with E-state index in [1.54, 1.807) is 42.5 Å².